The van der Waals surface area contributed by atoms with Crippen LogP contribution in [0.25, 0.3) is 0 Å². The third-order valence-corrected chi connectivity index (χ3v) is 0.734. The molecule has 0 aliphatic rings. The van der Waals surface area contributed by atoms with Crippen molar-refractivity contribution in [2.45, 2.75) is 6.92 Å². The first kappa shape index (κ1) is 8.79. The van der Waals surface area contributed by atoms with E-state index >= 15 is 0 Å². The molecule has 0 aromatic heterocycles. The Hall–Kier alpha value is -0.210. The first-order valence-electron chi connectivity index (χ1n) is 2.26. The minimum atomic E-state index is 0.241. The Bertz CT molecular complexity index is 138. The molecule has 0 atom stereocenters. The quantitative estimate of drug-likeness (QED) is 0.352. The van der Waals surface area contributed by atoms with Gasteiger partial charge in [-0.25, -0.2) is 4.99 Å². The molecule has 0 aliphatic heterocycles. The fourth-order valence-electron chi connectivity index (χ4n) is 0.271. The molecular weight excluding hydrogens is 161 g/mol. The minimum Gasteiger partial charge on any atom is -0.501 e. The van der Waals surface area contributed by atoms with Crippen LogP contribution >= 0.6 is 23.2 Å². The second-order valence-corrected chi connectivity index (χ2v) is 2.22. The number of hydrogen-bond acceptors (Lipinski definition) is 2. The third-order valence-electron chi connectivity index (χ3n) is 0.476. The van der Waals surface area contributed by atoms with Crippen LogP contribution in [0.4, 0.5) is 0 Å². The van der Waals surface area contributed by atoms with Gasteiger partial charge in [-0.3, -0.25) is 0 Å². The Morgan fingerprint density at radius 3 is 2.44 bits per heavy atom. The van der Waals surface area contributed by atoms with Gasteiger partial charge in [0.25, 0.3) is 0 Å². The van der Waals surface area contributed by atoms with Gasteiger partial charge in [0.15, 0.2) is 5.16 Å². The lowest BCUT2D eigenvalue weighted by molar-refractivity contribution is 0.336. The number of ether oxygens (including phenoxy) is 1. The summed E-state index contributed by atoms with van der Waals surface area (Å²) in [5, 5.41) is 0.623. The van der Waals surface area contributed by atoms with Gasteiger partial charge in [0.2, 0.25) is 0 Å². The molecule has 9 heavy (non-hydrogen) atoms. The van der Waals surface area contributed by atoms with Gasteiger partial charge in [-0.2, -0.15) is 0 Å². The molecule has 0 saturated heterocycles. The highest BCUT2D eigenvalue weighted by atomic mass is 35.5. The molecule has 0 fully saturated rings. The number of aliphatic imine (C=N–C) groups is 1. The van der Waals surface area contributed by atoms with Crippen molar-refractivity contribution in [1.82, 2.24) is 0 Å². The highest BCUT2D eigenvalue weighted by Gasteiger charge is 1.86. The Morgan fingerprint density at radius 1 is 1.56 bits per heavy atom. The average Bonchev–Trinajstić information content (AvgIpc) is 1.63. The van der Waals surface area contributed by atoms with Crippen LogP contribution in [-0.4, -0.2) is 12.3 Å². The van der Waals surface area contributed by atoms with E-state index in [2.05, 4.69) is 9.73 Å². The highest BCUT2D eigenvalue weighted by Crippen LogP contribution is 2.03. The summed E-state index contributed by atoms with van der Waals surface area (Å²) in [6.07, 6.45) is 1.30. The van der Waals surface area contributed by atoms with Gasteiger partial charge in [-0.15, -0.1) is 0 Å². The van der Waals surface area contributed by atoms with E-state index in [1.54, 1.807) is 6.92 Å². The first-order valence-corrected chi connectivity index (χ1v) is 3.01. The van der Waals surface area contributed by atoms with Crippen LogP contribution in [0.5, 0.6) is 0 Å². The lowest BCUT2D eigenvalue weighted by Gasteiger charge is -1.88. The standard InChI is InChI=1S/C5H7Cl2NO/c1-4(6)8-5(7)3-9-2/h3H,1-2H3/b5-3-,8-4?. The smallest absolute Gasteiger partial charge is 0.164 e. The fraction of sp³-hybridized carbons (Fsp3) is 0.400. The van der Waals surface area contributed by atoms with Crippen molar-refractivity contribution in [3.63, 3.8) is 0 Å². The summed E-state index contributed by atoms with van der Waals surface area (Å²) in [5.41, 5.74) is 0. The van der Waals surface area contributed by atoms with Gasteiger partial charge >= 0.3 is 0 Å². The molecule has 0 amide bonds. The molecule has 0 aromatic carbocycles. The Morgan fingerprint density at radius 2 is 2.11 bits per heavy atom. The van der Waals surface area contributed by atoms with E-state index in [4.69, 9.17) is 23.2 Å². The normalized spacial score (nSPS) is 13.8. The van der Waals surface area contributed by atoms with Gasteiger partial charge in [0.05, 0.1) is 7.11 Å². The van der Waals surface area contributed by atoms with Gasteiger partial charge in [-0.05, 0) is 6.92 Å². The van der Waals surface area contributed by atoms with Crippen LogP contribution in [0.2, 0.25) is 0 Å². The van der Waals surface area contributed by atoms with Crippen molar-refractivity contribution in [3.8, 4) is 0 Å². The van der Waals surface area contributed by atoms with Crippen LogP contribution in [0.1, 0.15) is 6.92 Å². The summed E-state index contributed by atoms with van der Waals surface area (Å²) in [4.78, 5) is 3.65. The van der Waals surface area contributed by atoms with Crippen molar-refractivity contribution in [1.29, 1.82) is 0 Å². The zero-order valence-corrected chi connectivity index (χ0v) is 6.70. The largest absolute Gasteiger partial charge is 0.501 e. The van der Waals surface area contributed by atoms with Crippen molar-refractivity contribution in [2.24, 2.45) is 4.99 Å². The molecule has 0 N–H and O–H groups in total. The number of hydrogen-bond donors (Lipinski definition) is 0. The van der Waals surface area contributed by atoms with Crippen molar-refractivity contribution >= 4 is 28.4 Å². The van der Waals surface area contributed by atoms with E-state index in [1.165, 1.54) is 13.4 Å². The second-order valence-electron chi connectivity index (χ2n) is 1.29. The Kier molecular flexibility index (Phi) is 4.54. The zero-order chi connectivity index (χ0) is 7.28. The van der Waals surface area contributed by atoms with E-state index < -0.39 is 0 Å². The SMILES string of the molecule is CO/C=C(/Cl)N=C(C)Cl. The molecule has 0 aliphatic carbocycles. The van der Waals surface area contributed by atoms with E-state index in [1.807, 2.05) is 0 Å². The molecule has 0 bridgehead atoms. The topological polar surface area (TPSA) is 21.6 Å². The molecule has 0 radical (unpaired) electrons. The highest BCUT2D eigenvalue weighted by molar-refractivity contribution is 6.65. The monoisotopic (exact) mass is 167 g/mol. The summed E-state index contributed by atoms with van der Waals surface area (Å²) in [6, 6.07) is 0. The molecule has 0 saturated carbocycles. The summed E-state index contributed by atoms with van der Waals surface area (Å²) in [6.45, 7) is 1.63. The summed E-state index contributed by atoms with van der Waals surface area (Å²) in [7, 11) is 1.49. The fourth-order valence-corrected chi connectivity index (χ4v) is 0.621. The van der Waals surface area contributed by atoms with E-state index in [-0.39, 0.29) is 5.16 Å². The van der Waals surface area contributed by atoms with E-state index in [9.17, 15) is 0 Å². The van der Waals surface area contributed by atoms with E-state index in [0.29, 0.717) is 5.17 Å². The zero-order valence-electron chi connectivity index (χ0n) is 5.19. The predicted octanol–water partition coefficient (Wildman–Crippen LogP) is 2.33. The molecule has 0 rings (SSSR count). The van der Waals surface area contributed by atoms with Crippen LogP contribution in [0, 0.1) is 0 Å². The molecule has 0 spiro atoms. The lowest BCUT2D eigenvalue weighted by atomic mass is 10.8. The first-order chi connectivity index (χ1) is 4.16. The maximum atomic E-state index is 5.44. The Labute approximate surface area is 64.1 Å². The van der Waals surface area contributed by atoms with Crippen LogP contribution in [0.15, 0.2) is 16.4 Å². The molecule has 0 heterocycles. The summed E-state index contributed by atoms with van der Waals surface area (Å²) >= 11 is 10.8. The van der Waals surface area contributed by atoms with Crippen molar-refractivity contribution < 1.29 is 4.74 Å². The molecule has 4 heteroatoms. The number of methoxy groups -OCH3 is 1. The number of nitrogens with zero attached hydrogens (tertiary/aromatic N) is 1. The van der Waals surface area contributed by atoms with Gasteiger partial charge in [0.1, 0.15) is 11.4 Å². The van der Waals surface area contributed by atoms with Crippen molar-refractivity contribution in [3.05, 3.63) is 11.4 Å². The average molecular weight is 168 g/mol. The molecular formula is C5H7Cl2NO. The molecule has 0 unspecified atom stereocenters. The second kappa shape index (κ2) is 4.65. The maximum absolute atomic E-state index is 5.44. The summed E-state index contributed by atoms with van der Waals surface area (Å²) < 4.78 is 4.54. The number of rotatable bonds is 2. The summed E-state index contributed by atoms with van der Waals surface area (Å²) in [5.74, 6) is 0. The van der Waals surface area contributed by atoms with Crippen LogP contribution < -0.4 is 0 Å². The Balaban J connectivity index is 3.90. The van der Waals surface area contributed by atoms with E-state index in [0.717, 1.165) is 0 Å². The molecule has 0 aromatic rings. The molecule has 52 valence electrons. The van der Waals surface area contributed by atoms with Gasteiger partial charge in [0, 0.05) is 0 Å². The van der Waals surface area contributed by atoms with Crippen LogP contribution in [0.3, 0.4) is 0 Å². The lowest BCUT2D eigenvalue weighted by Crippen LogP contribution is -1.76. The number of halogens is 2. The van der Waals surface area contributed by atoms with Crippen molar-refractivity contribution in [2.75, 3.05) is 7.11 Å². The molecule has 2 nitrogen and oxygen atoms in total. The van der Waals surface area contributed by atoms with Gasteiger partial charge in [-0.1, -0.05) is 23.2 Å². The predicted molar refractivity (Wildman–Crippen MR) is 39.9 cm³/mol. The minimum absolute atomic E-state index is 0.241. The maximum Gasteiger partial charge on any atom is 0.164 e. The van der Waals surface area contributed by atoms with Gasteiger partial charge < -0.3 is 4.74 Å². The third kappa shape index (κ3) is 5.66. The van der Waals surface area contributed by atoms with Crippen LogP contribution in [-0.2, 0) is 4.74 Å².